The minimum Gasteiger partial charge on any atom is -0.481 e. The maximum atomic E-state index is 13.4. The number of methoxy groups -OCH3 is 1. The van der Waals surface area contributed by atoms with Gasteiger partial charge in [-0.3, -0.25) is 9.59 Å². The zero-order valence-electron chi connectivity index (χ0n) is 19.2. The highest BCUT2D eigenvalue weighted by atomic mass is 32.2. The standard InChI is InChI=1S/C23H26N4O6S2/c1-32-19-5-4-17-22(25-19)34-23(24-17)26-21(29)18(12-14-7-10-33-11-8-14)27-9-6-16(13-20(27)28)35(30,31)15-2-3-15/h4-6,9,13-15,18H,2-3,7-8,10-12H2,1H3,(H,24,26,29)/t18-/m1/s1. The number of hydrogen-bond acceptors (Lipinski definition) is 9. The molecule has 12 heteroatoms. The molecule has 1 atom stereocenters. The van der Waals surface area contributed by atoms with Gasteiger partial charge in [-0.25, -0.2) is 18.4 Å². The van der Waals surface area contributed by atoms with E-state index in [1.54, 1.807) is 12.1 Å². The molecule has 10 nitrogen and oxygen atoms in total. The van der Waals surface area contributed by atoms with Crippen LogP contribution in [0.5, 0.6) is 5.88 Å². The van der Waals surface area contributed by atoms with Gasteiger partial charge in [-0.2, -0.15) is 0 Å². The van der Waals surface area contributed by atoms with Crippen LogP contribution in [0.1, 0.15) is 38.1 Å². The van der Waals surface area contributed by atoms with E-state index in [9.17, 15) is 18.0 Å². The third-order valence-electron chi connectivity index (χ3n) is 6.42. The van der Waals surface area contributed by atoms with Gasteiger partial charge in [0.05, 0.1) is 17.3 Å². The molecular formula is C23H26N4O6S2. The second-order valence-electron chi connectivity index (χ2n) is 8.85. The summed E-state index contributed by atoms with van der Waals surface area (Å²) >= 11 is 1.21. The van der Waals surface area contributed by atoms with Crippen LogP contribution in [-0.2, 0) is 19.4 Å². The van der Waals surface area contributed by atoms with E-state index in [0.29, 0.717) is 53.8 Å². The molecule has 0 radical (unpaired) electrons. The Morgan fingerprint density at radius 2 is 2.00 bits per heavy atom. The number of fused-ring (bicyclic) bond motifs is 1. The molecule has 1 N–H and O–H groups in total. The average Bonchev–Trinajstić information content (AvgIpc) is 3.64. The van der Waals surface area contributed by atoms with Crippen LogP contribution in [0, 0.1) is 5.92 Å². The number of nitrogens with zero attached hydrogens (tertiary/aromatic N) is 3. The minimum absolute atomic E-state index is 0.0117. The Kier molecular flexibility index (Phi) is 6.60. The molecular weight excluding hydrogens is 492 g/mol. The van der Waals surface area contributed by atoms with Gasteiger partial charge < -0.3 is 19.4 Å². The molecule has 4 heterocycles. The zero-order valence-corrected chi connectivity index (χ0v) is 20.8. The summed E-state index contributed by atoms with van der Waals surface area (Å²) in [5.41, 5.74) is 0.105. The Labute approximate surface area is 206 Å². The van der Waals surface area contributed by atoms with Crippen LogP contribution in [0.15, 0.2) is 40.2 Å². The summed E-state index contributed by atoms with van der Waals surface area (Å²) in [5, 5.41) is 2.79. The Morgan fingerprint density at radius 3 is 2.69 bits per heavy atom. The molecule has 0 spiro atoms. The summed E-state index contributed by atoms with van der Waals surface area (Å²) in [6, 6.07) is 5.19. The monoisotopic (exact) mass is 518 g/mol. The van der Waals surface area contributed by atoms with Crippen molar-refractivity contribution in [1.29, 1.82) is 0 Å². The Bertz CT molecular complexity index is 1410. The first kappa shape index (κ1) is 23.9. The molecule has 2 aliphatic rings. The summed E-state index contributed by atoms with van der Waals surface area (Å²) < 4.78 is 37.1. The van der Waals surface area contributed by atoms with E-state index in [0.717, 1.165) is 18.9 Å². The summed E-state index contributed by atoms with van der Waals surface area (Å²) in [7, 11) is -1.98. The number of anilines is 1. The summed E-state index contributed by atoms with van der Waals surface area (Å²) in [4.78, 5) is 35.9. The Morgan fingerprint density at radius 1 is 1.23 bits per heavy atom. The summed E-state index contributed by atoms with van der Waals surface area (Å²) in [6.45, 7) is 1.22. The van der Waals surface area contributed by atoms with Gasteiger partial charge in [-0.05, 0) is 50.2 Å². The normalized spacial score (nSPS) is 17.9. The molecule has 3 aromatic rings. The fourth-order valence-corrected chi connectivity index (χ4v) is 6.77. The van der Waals surface area contributed by atoms with Crippen LogP contribution in [0.2, 0.25) is 0 Å². The van der Waals surface area contributed by atoms with E-state index in [-0.39, 0.29) is 16.7 Å². The third-order valence-corrected chi connectivity index (χ3v) is 9.56. The molecule has 1 amide bonds. The summed E-state index contributed by atoms with van der Waals surface area (Å²) in [6.07, 6.45) is 4.66. The first-order valence-corrected chi connectivity index (χ1v) is 13.9. The maximum Gasteiger partial charge on any atom is 0.252 e. The number of nitrogens with one attached hydrogen (secondary N) is 1. The number of aromatic nitrogens is 3. The zero-order chi connectivity index (χ0) is 24.6. The van der Waals surface area contributed by atoms with Crippen molar-refractivity contribution in [2.45, 2.75) is 48.3 Å². The highest BCUT2D eigenvalue weighted by Crippen LogP contribution is 2.33. The number of sulfone groups is 1. The highest BCUT2D eigenvalue weighted by molar-refractivity contribution is 7.92. The molecule has 35 heavy (non-hydrogen) atoms. The first-order valence-electron chi connectivity index (χ1n) is 11.5. The Balaban J connectivity index is 1.43. The predicted octanol–water partition coefficient (Wildman–Crippen LogP) is 2.79. The second-order valence-corrected chi connectivity index (χ2v) is 12.1. The second kappa shape index (κ2) is 9.67. The fraction of sp³-hybridized carbons (Fsp3) is 0.478. The average molecular weight is 519 g/mol. The van der Waals surface area contributed by atoms with E-state index in [1.807, 2.05) is 0 Å². The van der Waals surface area contributed by atoms with Crippen molar-refractivity contribution in [1.82, 2.24) is 14.5 Å². The lowest BCUT2D eigenvalue weighted by Gasteiger charge is -2.27. The number of ether oxygens (including phenoxy) is 2. The number of thiazole rings is 1. The third kappa shape index (κ3) is 5.09. The Hall–Kier alpha value is -2.83. The summed E-state index contributed by atoms with van der Waals surface area (Å²) in [5.74, 6) is 0.259. The number of amides is 1. The number of hydrogen-bond donors (Lipinski definition) is 1. The van der Waals surface area contributed by atoms with Crippen molar-refractivity contribution >= 4 is 42.6 Å². The lowest BCUT2D eigenvalue weighted by atomic mass is 9.92. The van der Waals surface area contributed by atoms with Gasteiger partial charge in [0.15, 0.2) is 15.0 Å². The quantitative estimate of drug-likeness (QED) is 0.482. The maximum absolute atomic E-state index is 13.4. The number of pyridine rings is 2. The van der Waals surface area contributed by atoms with E-state index in [4.69, 9.17) is 9.47 Å². The topological polar surface area (TPSA) is 129 Å². The molecule has 1 saturated carbocycles. The van der Waals surface area contributed by atoms with Gasteiger partial charge in [0.1, 0.15) is 16.4 Å². The van der Waals surface area contributed by atoms with Crippen LogP contribution in [0.25, 0.3) is 10.3 Å². The molecule has 2 fully saturated rings. The lowest BCUT2D eigenvalue weighted by molar-refractivity contribution is -0.120. The largest absolute Gasteiger partial charge is 0.481 e. The van der Waals surface area contributed by atoms with E-state index >= 15 is 0 Å². The molecule has 5 rings (SSSR count). The van der Waals surface area contributed by atoms with Crippen molar-refractivity contribution in [2.24, 2.45) is 5.92 Å². The molecule has 0 unspecified atom stereocenters. The highest BCUT2D eigenvalue weighted by Gasteiger charge is 2.37. The van der Waals surface area contributed by atoms with Crippen molar-refractivity contribution < 1.29 is 22.7 Å². The van der Waals surface area contributed by atoms with Crippen LogP contribution < -0.4 is 15.6 Å². The molecule has 186 valence electrons. The van der Waals surface area contributed by atoms with Gasteiger partial charge in [0.25, 0.3) is 5.56 Å². The van der Waals surface area contributed by atoms with Crippen LogP contribution in [0.3, 0.4) is 0 Å². The van der Waals surface area contributed by atoms with E-state index < -0.39 is 26.7 Å². The van der Waals surface area contributed by atoms with Gasteiger partial charge in [0.2, 0.25) is 11.8 Å². The van der Waals surface area contributed by atoms with Gasteiger partial charge in [-0.15, -0.1) is 0 Å². The molecule has 3 aromatic heterocycles. The van der Waals surface area contributed by atoms with E-state index in [1.165, 1.54) is 35.3 Å². The van der Waals surface area contributed by atoms with Crippen molar-refractivity contribution in [3.8, 4) is 5.88 Å². The number of carbonyl (C=O) groups is 1. The molecule has 0 aromatic carbocycles. The van der Waals surface area contributed by atoms with Gasteiger partial charge in [-0.1, -0.05) is 11.3 Å². The van der Waals surface area contributed by atoms with Crippen LogP contribution >= 0.6 is 11.3 Å². The number of carbonyl (C=O) groups excluding carboxylic acids is 1. The fourth-order valence-electron chi connectivity index (χ4n) is 4.28. The predicted molar refractivity (Wildman–Crippen MR) is 131 cm³/mol. The molecule has 0 bridgehead atoms. The van der Waals surface area contributed by atoms with Crippen molar-refractivity contribution in [3.05, 3.63) is 40.8 Å². The lowest BCUT2D eigenvalue weighted by Crippen LogP contribution is -2.35. The molecule has 1 aliphatic carbocycles. The van der Waals surface area contributed by atoms with Crippen molar-refractivity contribution in [2.75, 3.05) is 25.6 Å². The van der Waals surface area contributed by atoms with Crippen LogP contribution in [0.4, 0.5) is 5.13 Å². The van der Waals surface area contributed by atoms with E-state index in [2.05, 4.69) is 15.3 Å². The molecule has 1 aliphatic heterocycles. The van der Waals surface area contributed by atoms with Gasteiger partial charge in [0, 0.05) is 31.5 Å². The van der Waals surface area contributed by atoms with Gasteiger partial charge >= 0.3 is 0 Å². The first-order chi connectivity index (χ1) is 16.8. The minimum atomic E-state index is -3.50. The molecule has 1 saturated heterocycles. The van der Waals surface area contributed by atoms with Crippen LogP contribution in [-0.4, -0.2) is 54.4 Å². The van der Waals surface area contributed by atoms with Crippen molar-refractivity contribution in [3.63, 3.8) is 0 Å². The number of rotatable bonds is 8. The SMILES string of the molecule is COc1ccc2nc(NC(=O)[C@@H](CC3CCOCC3)n3ccc(S(=O)(=O)C4CC4)cc3=O)sc2n1. The smallest absolute Gasteiger partial charge is 0.252 e.